The van der Waals surface area contributed by atoms with Crippen molar-refractivity contribution >= 4 is 0 Å². The molecule has 3 heteroatoms. The summed E-state index contributed by atoms with van der Waals surface area (Å²) in [6.45, 7) is 3.97. The van der Waals surface area contributed by atoms with Gasteiger partial charge in [0.15, 0.2) is 5.72 Å². The predicted octanol–water partition coefficient (Wildman–Crippen LogP) is 1.86. The minimum atomic E-state index is -0.357. The fraction of sp³-hybridized carbons (Fsp3) is 0.600. The summed E-state index contributed by atoms with van der Waals surface area (Å²) >= 11 is 0. The second-order valence-electron chi connectivity index (χ2n) is 5.31. The van der Waals surface area contributed by atoms with Gasteiger partial charge < -0.3 is 10.1 Å². The largest absolute Gasteiger partial charge is 0.354 e. The maximum Gasteiger partial charge on any atom is 0.160 e. The molecule has 1 aromatic rings. The van der Waals surface area contributed by atoms with Crippen molar-refractivity contribution in [3.63, 3.8) is 0 Å². The summed E-state index contributed by atoms with van der Waals surface area (Å²) in [6.07, 6.45) is 3.39. The lowest BCUT2D eigenvalue weighted by Gasteiger charge is -2.30. The molecule has 1 aromatic carbocycles. The van der Waals surface area contributed by atoms with Crippen LogP contribution in [0, 0.1) is 5.92 Å². The van der Waals surface area contributed by atoms with Gasteiger partial charge >= 0.3 is 0 Å². The van der Waals surface area contributed by atoms with Gasteiger partial charge in [-0.25, -0.2) is 5.32 Å². The fourth-order valence-corrected chi connectivity index (χ4v) is 2.91. The average Bonchev–Trinajstić information content (AvgIpc) is 3.10. The summed E-state index contributed by atoms with van der Waals surface area (Å²) in [4.78, 5) is 0. The van der Waals surface area contributed by atoms with Crippen LogP contribution in [0.2, 0.25) is 0 Å². The highest BCUT2D eigenvalue weighted by atomic mass is 16.5. The molecule has 0 aromatic heterocycles. The number of nitrogens with zero attached hydrogens (tertiary/aromatic N) is 1. The molecule has 1 N–H and O–H groups in total. The Hall–Kier alpha value is -0.900. The maximum atomic E-state index is 6.25. The second kappa shape index (κ2) is 5.39. The molecule has 3 rings (SSSR count). The molecule has 18 heavy (non-hydrogen) atoms. The van der Waals surface area contributed by atoms with Crippen LogP contribution in [0.25, 0.3) is 0 Å². The lowest BCUT2D eigenvalue weighted by Crippen LogP contribution is -2.36. The summed E-state index contributed by atoms with van der Waals surface area (Å²) in [5, 5.41) is 8.15. The number of hydrogen-bond donors (Lipinski definition) is 1. The van der Waals surface area contributed by atoms with Crippen molar-refractivity contribution in [2.75, 3.05) is 26.2 Å². The molecular weight excluding hydrogens is 224 g/mol. The molecule has 2 aliphatic heterocycles. The first kappa shape index (κ1) is 12.2. The number of ether oxygens (including phenoxy) is 1. The third kappa shape index (κ3) is 2.44. The standard InChI is InChI=1S/C15H21N2O/c1-2-5-14(6-3-1)15(8-4-9-17-15)18-12-13-7-10-16-11-13/h1-3,5-6,13,16H,4,7-12H2. The average molecular weight is 245 g/mol. The zero-order valence-corrected chi connectivity index (χ0v) is 10.8. The maximum absolute atomic E-state index is 6.25. The van der Waals surface area contributed by atoms with Gasteiger partial charge in [-0.1, -0.05) is 30.3 Å². The first-order valence-electron chi connectivity index (χ1n) is 6.98. The van der Waals surface area contributed by atoms with Gasteiger partial charge in [0.1, 0.15) is 0 Å². The van der Waals surface area contributed by atoms with Crippen LogP contribution in [-0.4, -0.2) is 26.2 Å². The molecule has 2 atom stereocenters. The van der Waals surface area contributed by atoms with E-state index in [1.807, 2.05) is 6.07 Å². The molecule has 0 saturated carbocycles. The van der Waals surface area contributed by atoms with Crippen molar-refractivity contribution in [1.29, 1.82) is 0 Å². The summed E-state index contributed by atoms with van der Waals surface area (Å²) in [5.74, 6) is 0.654. The zero-order valence-electron chi connectivity index (χ0n) is 10.8. The third-order valence-corrected chi connectivity index (χ3v) is 3.99. The first-order chi connectivity index (χ1) is 8.89. The Bertz CT molecular complexity index is 367. The van der Waals surface area contributed by atoms with E-state index in [0.717, 1.165) is 39.1 Å². The Morgan fingerprint density at radius 1 is 1.33 bits per heavy atom. The van der Waals surface area contributed by atoms with Gasteiger partial charge in [-0.15, -0.1) is 0 Å². The molecular formula is C15H21N2O. The highest BCUT2D eigenvalue weighted by Gasteiger charge is 2.38. The summed E-state index contributed by atoms with van der Waals surface area (Å²) in [6, 6.07) is 10.5. The highest BCUT2D eigenvalue weighted by Crippen LogP contribution is 2.34. The van der Waals surface area contributed by atoms with E-state index in [9.17, 15) is 0 Å². The Labute approximate surface area is 109 Å². The molecule has 0 amide bonds. The van der Waals surface area contributed by atoms with Crippen LogP contribution < -0.4 is 10.6 Å². The van der Waals surface area contributed by atoms with E-state index in [2.05, 4.69) is 29.6 Å². The molecule has 2 unspecified atom stereocenters. The SMILES string of the molecule is c1ccc(C2(OCC3CCNC3)CCC[N]2)cc1. The second-order valence-corrected chi connectivity index (χ2v) is 5.31. The summed E-state index contributed by atoms with van der Waals surface area (Å²) in [5.41, 5.74) is 0.859. The number of rotatable bonds is 4. The highest BCUT2D eigenvalue weighted by molar-refractivity contribution is 5.23. The van der Waals surface area contributed by atoms with Crippen LogP contribution in [0.15, 0.2) is 30.3 Å². The Balaban J connectivity index is 1.70. The van der Waals surface area contributed by atoms with Crippen LogP contribution in [0.1, 0.15) is 24.8 Å². The quantitative estimate of drug-likeness (QED) is 0.879. The van der Waals surface area contributed by atoms with E-state index in [-0.39, 0.29) is 5.72 Å². The van der Waals surface area contributed by atoms with E-state index < -0.39 is 0 Å². The smallest absolute Gasteiger partial charge is 0.160 e. The van der Waals surface area contributed by atoms with Gasteiger partial charge in [0, 0.05) is 13.1 Å². The van der Waals surface area contributed by atoms with E-state index >= 15 is 0 Å². The van der Waals surface area contributed by atoms with Gasteiger partial charge in [0.2, 0.25) is 0 Å². The molecule has 0 aliphatic carbocycles. The van der Waals surface area contributed by atoms with Crippen LogP contribution in [0.5, 0.6) is 0 Å². The van der Waals surface area contributed by atoms with E-state index in [4.69, 9.17) is 10.1 Å². The number of hydrogen-bond acceptors (Lipinski definition) is 2. The van der Waals surface area contributed by atoms with Crippen LogP contribution in [0.4, 0.5) is 0 Å². The molecule has 0 spiro atoms. The minimum absolute atomic E-state index is 0.357. The fourth-order valence-electron chi connectivity index (χ4n) is 2.91. The van der Waals surface area contributed by atoms with E-state index in [1.54, 1.807) is 0 Å². The Morgan fingerprint density at radius 3 is 2.89 bits per heavy atom. The summed E-state index contributed by atoms with van der Waals surface area (Å²) in [7, 11) is 0. The Kier molecular flexibility index (Phi) is 3.64. The third-order valence-electron chi connectivity index (χ3n) is 3.99. The van der Waals surface area contributed by atoms with Crippen molar-refractivity contribution < 1.29 is 4.74 Å². The molecule has 3 nitrogen and oxygen atoms in total. The lowest BCUT2D eigenvalue weighted by molar-refractivity contribution is -0.0782. The van der Waals surface area contributed by atoms with Gasteiger partial charge in [-0.3, -0.25) is 0 Å². The molecule has 2 saturated heterocycles. The lowest BCUT2D eigenvalue weighted by atomic mass is 10.0. The van der Waals surface area contributed by atoms with Crippen molar-refractivity contribution in [1.82, 2.24) is 10.6 Å². The van der Waals surface area contributed by atoms with Gasteiger partial charge in [-0.2, -0.15) is 0 Å². The number of benzene rings is 1. The predicted molar refractivity (Wildman–Crippen MR) is 71.3 cm³/mol. The van der Waals surface area contributed by atoms with Gasteiger partial charge in [-0.05, 0) is 37.3 Å². The van der Waals surface area contributed by atoms with Gasteiger partial charge in [0.05, 0.1) is 6.61 Å². The molecule has 97 valence electrons. The van der Waals surface area contributed by atoms with Gasteiger partial charge in [0.25, 0.3) is 0 Å². The van der Waals surface area contributed by atoms with Crippen LogP contribution in [-0.2, 0) is 10.5 Å². The van der Waals surface area contributed by atoms with Crippen LogP contribution in [0.3, 0.4) is 0 Å². The zero-order chi connectivity index (χ0) is 12.3. The topological polar surface area (TPSA) is 35.4 Å². The van der Waals surface area contributed by atoms with Crippen molar-refractivity contribution in [2.45, 2.75) is 25.0 Å². The minimum Gasteiger partial charge on any atom is -0.354 e. The molecule has 2 heterocycles. The Morgan fingerprint density at radius 2 is 2.22 bits per heavy atom. The summed E-state index contributed by atoms with van der Waals surface area (Å²) < 4.78 is 6.25. The molecule has 2 fully saturated rings. The normalized spacial score (nSPS) is 31.9. The number of nitrogens with one attached hydrogen (secondary N) is 1. The molecule has 1 radical (unpaired) electrons. The van der Waals surface area contributed by atoms with Crippen molar-refractivity contribution in [2.24, 2.45) is 5.92 Å². The van der Waals surface area contributed by atoms with Crippen molar-refractivity contribution in [3.8, 4) is 0 Å². The first-order valence-corrected chi connectivity index (χ1v) is 6.98. The molecule has 0 bridgehead atoms. The monoisotopic (exact) mass is 245 g/mol. The van der Waals surface area contributed by atoms with E-state index in [0.29, 0.717) is 5.92 Å². The van der Waals surface area contributed by atoms with E-state index in [1.165, 1.54) is 12.0 Å². The van der Waals surface area contributed by atoms with Crippen molar-refractivity contribution in [3.05, 3.63) is 35.9 Å². The van der Waals surface area contributed by atoms with Crippen LogP contribution >= 0.6 is 0 Å². The molecule has 2 aliphatic rings.